The molecular formula is C21H30N4O2S. The number of likely N-dealkylation sites (tertiary alicyclic amines) is 1. The smallest absolute Gasteiger partial charge is 0.252 e. The fourth-order valence-electron chi connectivity index (χ4n) is 4.31. The molecule has 2 aliphatic heterocycles. The highest BCUT2D eigenvalue weighted by Crippen LogP contribution is 2.30. The number of rotatable bonds is 6. The third-order valence-corrected chi connectivity index (χ3v) is 7.17. The van der Waals surface area contributed by atoms with E-state index in [-0.39, 0.29) is 5.91 Å². The molecule has 4 heterocycles. The molecule has 1 N–H and O–H groups in total. The molecule has 0 spiro atoms. The number of thiophene rings is 1. The minimum absolute atomic E-state index is 0.0859. The van der Waals surface area contributed by atoms with Gasteiger partial charge in [0.05, 0.1) is 11.3 Å². The summed E-state index contributed by atoms with van der Waals surface area (Å²) < 4.78 is 5.29. The van der Waals surface area contributed by atoms with Crippen molar-refractivity contribution in [2.24, 2.45) is 0 Å². The van der Waals surface area contributed by atoms with E-state index in [1.165, 1.54) is 28.8 Å². The molecule has 4 rings (SSSR count). The van der Waals surface area contributed by atoms with E-state index in [1.54, 1.807) is 11.3 Å². The molecule has 0 aromatic carbocycles. The van der Waals surface area contributed by atoms with E-state index in [9.17, 15) is 4.79 Å². The largest absolute Gasteiger partial charge is 0.361 e. The van der Waals surface area contributed by atoms with Gasteiger partial charge in [0.2, 0.25) is 0 Å². The molecule has 2 aromatic rings. The zero-order chi connectivity index (χ0) is 19.7. The summed E-state index contributed by atoms with van der Waals surface area (Å²) in [5, 5.41) is 9.27. The van der Waals surface area contributed by atoms with Gasteiger partial charge in [0.15, 0.2) is 0 Å². The van der Waals surface area contributed by atoms with E-state index in [4.69, 9.17) is 4.52 Å². The van der Waals surface area contributed by atoms with Crippen LogP contribution in [-0.4, -0.2) is 53.1 Å². The number of hydrogen-bond donors (Lipinski definition) is 1. The molecule has 0 saturated carbocycles. The summed E-state index contributed by atoms with van der Waals surface area (Å²) in [6.45, 7) is 11.9. The van der Waals surface area contributed by atoms with Gasteiger partial charge in [-0.15, -0.1) is 11.3 Å². The number of carbonyl (C=O) groups excluding carboxylic acids is 1. The Labute approximate surface area is 170 Å². The van der Waals surface area contributed by atoms with Gasteiger partial charge in [0.1, 0.15) is 5.76 Å². The lowest BCUT2D eigenvalue weighted by Gasteiger charge is -2.27. The van der Waals surface area contributed by atoms with Crippen LogP contribution in [0.5, 0.6) is 0 Å². The van der Waals surface area contributed by atoms with Gasteiger partial charge in [-0.2, -0.15) is 0 Å². The van der Waals surface area contributed by atoms with Crippen LogP contribution in [0.15, 0.2) is 9.90 Å². The van der Waals surface area contributed by atoms with E-state index in [2.05, 4.69) is 27.2 Å². The molecule has 7 heteroatoms. The highest BCUT2D eigenvalue weighted by atomic mass is 32.1. The Balaban J connectivity index is 1.36. The first-order valence-corrected chi connectivity index (χ1v) is 11.2. The second kappa shape index (κ2) is 8.35. The number of aryl methyl sites for hydroxylation is 2. The van der Waals surface area contributed by atoms with E-state index in [1.807, 2.05) is 19.2 Å². The maximum absolute atomic E-state index is 12.8. The highest BCUT2D eigenvalue weighted by molar-refractivity contribution is 7.10. The quantitative estimate of drug-likeness (QED) is 0.804. The molecule has 2 aliphatic rings. The third-order valence-electron chi connectivity index (χ3n) is 6.16. The minimum atomic E-state index is 0.0859. The van der Waals surface area contributed by atoms with E-state index in [0.717, 1.165) is 62.7 Å². The van der Waals surface area contributed by atoms with Crippen molar-refractivity contribution in [2.75, 3.05) is 26.2 Å². The van der Waals surface area contributed by atoms with Crippen LogP contribution in [-0.2, 0) is 19.5 Å². The van der Waals surface area contributed by atoms with Gasteiger partial charge in [-0.3, -0.25) is 14.6 Å². The first-order valence-electron chi connectivity index (χ1n) is 10.3. The predicted octanol–water partition coefficient (Wildman–Crippen LogP) is 3.13. The zero-order valence-electron chi connectivity index (χ0n) is 17.1. The number of amides is 1. The maximum Gasteiger partial charge on any atom is 0.252 e. The lowest BCUT2D eigenvalue weighted by molar-refractivity contribution is 0.0939. The van der Waals surface area contributed by atoms with Gasteiger partial charge in [-0.25, -0.2) is 0 Å². The van der Waals surface area contributed by atoms with Crippen LogP contribution in [0.25, 0.3) is 0 Å². The summed E-state index contributed by atoms with van der Waals surface area (Å²) in [4.78, 5) is 19.0. The van der Waals surface area contributed by atoms with Crippen molar-refractivity contribution in [1.82, 2.24) is 20.3 Å². The monoisotopic (exact) mass is 402 g/mol. The summed E-state index contributed by atoms with van der Waals surface area (Å²) in [6, 6.07) is 0.409. The van der Waals surface area contributed by atoms with E-state index < -0.39 is 0 Å². The SMILES string of the molecule is Cc1noc(C)c1CN1CCc2c(C(=O)NC[C@H](C)N3CCCC3)csc2C1. The van der Waals surface area contributed by atoms with E-state index >= 15 is 0 Å². The zero-order valence-corrected chi connectivity index (χ0v) is 17.9. The number of aromatic nitrogens is 1. The summed E-state index contributed by atoms with van der Waals surface area (Å²) in [6.07, 6.45) is 3.48. The van der Waals surface area contributed by atoms with Gasteiger partial charge in [0, 0.05) is 48.0 Å². The average Bonchev–Trinajstić information content (AvgIpc) is 3.42. The van der Waals surface area contributed by atoms with Crippen molar-refractivity contribution in [2.45, 2.75) is 59.2 Å². The molecule has 1 atom stereocenters. The predicted molar refractivity (Wildman–Crippen MR) is 111 cm³/mol. The van der Waals surface area contributed by atoms with Gasteiger partial charge in [0.25, 0.3) is 5.91 Å². The first-order chi connectivity index (χ1) is 13.5. The summed E-state index contributed by atoms with van der Waals surface area (Å²) >= 11 is 1.71. The van der Waals surface area contributed by atoms with Crippen molar-refractivity contribution in [1.29, 1.82) is 0 Å². The van der Waals surface area contributed by atoms with Gasteiger partial charge < -0.3 is 9.84 Å². The molecule has 1 amide bonds. The Bertz CT molecular complexity index is 818. The van der Waals surface area contributed by atoms with Crippen LogP contribution in [0.4, 0.5) is 0 Å². The van der Waals surface area contributed by atoms with Crippen molar-refractivity contribution in [3.05, 3.63) is 38.4 Å². The number of nitrogens with zero attached hydrogens (tertiary/aromatic N) is 3. The number of fused-ring (bicyclic) bond motifs is 1. The molecule has 152 valence electrons. The molecule has 0 radical (unpaired) electrons. The standard InChI is InChI=1S/C21H30N4O2S/c1-14(25-7-4-5-8-25)10-22-21(26)19-13-28-20-12-24(9-6-17(19)20)11-18-15(2)23-27-16(18)3/h13-14H,4-12H2,1-3H3,(H,22,26)/t14-/m0/s1. The maximum atomic E-state index is 12.8. The van der Waals surface area contributed by atoms with Crippen LogP contribution in [0, 0.1) is 13.8 Å². The van der Waals surface area contributed by atoms with Gasteiger partial charge in [-0.05, 0) is 58.7 Å². The van der Waals surface area contributed by atoms with Crippen LogP contribution >= 0.6 is 11.3 Å². The minimum Gasteiger partial charge on any atom is -0.361 e. The molecule has 6 nitrogen and oxygen atoms in total. The fraction of sp³-hybridized carbons (Fsp3) is 0.619. The van der Waals surface area contributed by atoms with Crippen molar-refractivity contribution < 1.29 is 9.32 Å². The Morgan fingerprint density at radius 2 is 2.11 bits per heavy atom. The molecule has 0 bridgehead atoms. The summed E-state index contributed by atoms with van der Waals surface area (Å²) in [5.74, 6) is 0.990. The average molecular weight is 403 g/mol. The van der Waals surface area contributed by atoms with Gasteiger partial charge >= 0.3 is 0 Å². The van der Waals surface area contributed by atoms with E-state index in [0.29, 0.717) is 6.04 Å². The lowest BCUT2D eigenvalue weighted by Crippen LogP contribution is -2.41. The molecule has 1 saturated heterocycles. The number of hydrogen-bond acceptors (Lipinski definition) is 6. The van der Waals surface area contributed by atoms with Crippen molar-refractivity contribution in [3.63, 3.8) is 0 Å². The highest BCUT2D eigenvalue weighted by Gasteiger charge is 2.26. The third kappa shape index (κ3) is 4.02. The Morgan fingerprint density at radius 3 is 2.82 bits per heavy atom. The molecule has 0 unspecified atom stereocenters. The number of nitrogens with one attached hydrogen (secondary N) is 1. The summed E-state index contributed by atoms with van der Waals surface area (Å²) in [5.41, 5.74) is 4.28. The number of carbonyl (C=O) groups is 1. The first kappa shape index (κ1) is 19.6. The van der Waals surface area contributed by atoms with Crippen LogP contribution in [0.2, 0.25) is 0 Å². The van der Waals surface area contributed by atoms with Crippen molar-refractivity contribution in [3.8, 4) is 0 Å². The normalized spacial score (nSPS) is 19.0. The van der Waals surface area contributed by atoms with Crippen LogP contribution < -0.4 is 5.32 Å². The molecule has 0 aliphatic carbocycles. The van der Waals surface area contributed by atoms with Crippen molar-refractivity contribution >= 4 is 17.2 Å². The fourth-order valence-corrected chi connectivity index (χ4v) is 5.43. The second-order valence-electron chi connectivity index (χ2n) is 8.12. The van der Waals surface area contributed by atoms with Gasteiger partial charge in [-0.1, -0.05) is 5.16 Å². The molecular weight excluding hydrogens is 372 g/mol. The topological polar surface area (TPSA) is 61.6 Å². The molecule has 28 heavy (non-hydrogen) atoms. The van der Waals surface area contributed by atoms with Crippen LogP contribution in [0.1, 0.15) is 57.6 Å². The Kier molecular flexibility index (Phi) is 5.85. The molecule has 1 fully saturated rings. The second-order valence-corrected chi connectivity index (χ2v) is 9.08. The Morgan fingerprint density at radius 1 is 1.32 bits per heavy atom. The lowest BCUT2D eigenvalue weighted by atomic mass is 10.0. The van der Waals surface area contributed by atoms with Crippen LogP contribution in [0.3, 0.4) is 0 Å². The summed E-state index contributed by atoms with van der Waals surface area (Å²) in [7, 11) is 0. The molecule has 2 aromatic heterocycles. The Hall–Kier alpha value is -1.70.